The van der Waals surface area contributed by atoms with Crippen molar-refractivity contribution in [1.29, 1.82) is 0 Å². The van der Waals surface area contributed by atoms with E-state index in [1.165, 1.54) is 5.56 Å². The molecule has 1 atom stereocenters. The fourth-order valence-electron chi connectivity index (χ4n) is 1.99. The van der Waals surface area contributed by atoms with Gasteiger partial charge in [-0.25, -0.2) is 0 Å². The monoisotopic (exact) mass is 223 g/mol. The molecule has 16 heavy (non-hydrogen) atoms. The Bertz CT molecular complexity index is 379. The second kappa shape index (κ2) is 4.82. The summed E-state index contributed by atoms with van der Waals surface area (Å²) >= 11 is 0. The quantitative estimate of drug-likeness (QED) is 0.802. The minimum atomic E-state index is -0.189. The second-order valence-electron chi connectivity index (χ2n) is 3.97. The lowest BCUT2D eigenvalue weighted by Crippen LogP contribution is -2.13. The van der Waals surface area contributed by atoms with Crippen LogP contribution in [-0.2, 0) is 18.0 Å². The van der Waals surface area contributed by atoms with Crippen LogP contribution in [0.15, 0.2) is 12.1 Å². The lowest BCUT2D eigenvalue weighted by molar-refractivity contribution is 0.134. The van der Waals surface area contributed by atoms with Gasteiger partial charge >= 0.3 is 0 Å². The van der Waals surface area contributed by atoms with Gasteiger partial charge in [0.15, 0.2) is 0 Å². The number of hydrogen-bond acceptors (Lipinski definition) is 4. The molecular weight excluding hydrogens is 206 g/mol. The molecule has 2 rings (SSSR count). The third kappa shape index (κ3) is 2.04. The van der Waals surface area contributed by atoms with Gasteiger partial charge in [0.1, 0.15) is 5.75 Å². The minimum absolute atomic E-state index is 0.0813. The summed E-state index contributed by atoms with van der Waals surface area (Å²) in [4.78, 5) is 0. The number of aliphatic hydroxyl groups is 1. The largest absolute Gasteiger partial charge is 0.496 e. The highest BCUT2D eigenvalue weighted by molar-refractivity contribution is 5.45. The zero-order valence-corrected chi connectivity index (χ0v) is 9.40. The molecule has 3 N–H and O–H groups in total. The highest BCUT2D eigenvalue weighted by Gasteiger charge is 2.18. The summed E-state index contributed by atoms with van der Waals surface area (Å²) in [6.07, 6.45) is 0.538. The second-order valence-corrected chi connectivity index (χ2v) is 3.97. The van der Waals surface area contributed by atoms with Gasteiger partial charge in [0.05, 0.1) is 20.3 Å². The molecule has 4 heteroatoms. The molecule has 1 aliphatic heterocycles. The van der Waals surface area contributed by atoms with E-state index in [1.807, 2.05) is 12.1 Å². The molecule has 1 aromatic rings. The van der Waals surface area contributed by atoms with Gasteiger partial charge in [-0.05, 0) is 29.7 Å². The third-order valence-electron chi connectivity index (χ3n) is 2.91. The number of methoxy groups -OCH3 is 1. The van der Waals surface area contributed by atoms with Crippen LogP contribution in [0.25, 0.3) is 0 Å². The number of fused-ring (bicyclic) bond motifs is 1. The van der Waals surface area contributed by atoms with Crippen LogP contribution in [0.2, 0.25) is 0 Å². The van der Waals surface area contributed by atoms with Crippen molar-refractivity contribution in [3.05, 3.63) is 28.8 Å². The summed E-state index contributed by atoms with van der Waals surface area (Å²) < 4.78 is 10.7. The van der Waals surface area contributed by atoms with Crippen LogP contribution in [0.3, 0.4) is 0 Å². The van der Waals surface area contributed by atoms with E-state index in [0.29, 0.717) is 19.6 Å². The Morgan fingerprint density at radius 1 is 1.44 bits per heavy atom. The number of nitrogens with two attached hydrogens (primary N) is 1. The van der Waals surface area contributed by atoms with Crippen molar-refractivity contribution in [2.45, 2.75) is 25.7 Å². The lowest BCUT2D eigenvalue weighted by atomic mass is 9.98. The first-order valence-corrected chi connectivity index (χ1v) is 5.40. The summed E-state index contributed by atoms with van der Waals surface area (Å²) in [5.41, 5.74) is 9.27. The molecule has 0 aliphatic carbocycles. The van der Waals surface area contributed by atoms with Gasteiger partial charge in [0.2, 0.25) is 0 Å². The van der Waals surface area contributed by atoms with Crippen LogP contribution in [0, 0.1) is 0 Å². The smallest absolute Gasteiger partial charge is 0.124 e. The van der Waals surface area contributed by atoms with E-state index in [4.69, 9.17) is 20.3 Å². The highest BCUT2D eigenvalue weighted by atomic mass is 16.5. The molecule has 1 unspecified atom stereocenters. The number of rotatable bonds is 4. The highest BCUT2D eigenvalue weighted by Crippen LogP contribution is 2.32. The molecule has 0 radical (unpaired) electrons. The molecule has 0 spiro atoms. The molecule has 0 fully saturated rings. The van der Waals surface area contributed by atoms with Crippen LogP contribution in [-0.4, -0.2) is 18.8 Å². The molecule has 0 aromatic heterocycles. The molecule has 0 amide bonds. The van der Waals surface area contributed by atoms with Crippen molar-refractivity contribution in [3.63, 3.8) is 0 Å². The predicted molar refractivity (Wildman–Crippen MR) is 60.1 cm³/mol. The van der Waals surface area contributed by atoms with Crippen LogP contribution in [0.1, 0.15) is 29.2 Å². The maximum absolute atomic E-state index is 8.91. The van der Waals surface area contributed by atoms with Gasteiger partial charge in [-0.1, -0.05) is 0 Å². The Balaban J connectivity index is 2.35. The third-order valence-corrected chi connectivity index (χ3v) is 2.91. The molecular formula is C12H17NO3. The summed E-state index contributed by atoms with van der Waals surface area (Å²) in [6.45, 7) is 1.36. The number of ether oxygens (including phenoxy) is 2. The van der Waals surface area contributed by atoms with Crippen LogP contribution in [0.4, 0.5) is 0 Å². The number of hydrogen-bond donors (Lipinski definition) is 2. The molecule has 1 aliphatic rings. The van der Waals surface area contributed by atoms with E-state index in [-0.39, 0.29) is 12.6 Å². The van der Waals surface area contributed by atoms with Crippen LogP contribution in [0.5, 0.6) is 5.75 Å². The molecule has 88 valence electrons. The fourth-order valence-corrected chi connectivity index (χ4v) is 1.99. The lowest BCUT2D eigenvalue weighted by Gasteiger charge is -2.16. The maximum Gasteiger partial charge on any atom is 0.124 e. The standard InChI is InChI=1S/C12H17NO3/c1-15-12-5-9-7-16-6-8(9)4-10(12)11(13)2-3-14/h4-5,11,14H,2-3,6-7,13H2,1H3. The van der Waals surface area contributed by atoms with E-state index in [9.17, 15) is 0 Å². The van der Waals surface area contributed by atoms with Crippen LogP contribution < -0.4 is 10.5 Å². The van der Waals surface area contributed by atoms with Gasteiger partial charge in [0, 0.05) is 18.2 Å². The summed E-state index contributed by atoms with van der Waals surface area (Å²) in [5.74, 6) is 0.783. The summed E-state index contributed by atoms with van der Waals surface area (Å²) in [5, 5.41) is 8.91. The van der Waals surface area contributed by atoms with Crippen molar-refractivity contribution < 1.29 is 14.6 Å². The van der Waals surface area contributed by atoms with E-state index in [2.05, 4.69) is 0 Å². The van der Waals surface area contributed by atoms with E-state index in [0.717, 1.165) is 16.9 Å². The van der Waals surface area contributed by atoms with Crippen molar-refractivity contribution in [3.8, 4) is 5.75 Å². The van der Waals surface area contributed by atoms with E-state index in [1.54, 1.807) is 7.11 Å². The van der Waals surface area contributed by atoms with E-state index < -0.39 is 0 Å². The van der Waals surface area contributed by atoms with E-state index >= 15 is 0 Å². The summed E-state index contributed by atoms with van der Waals surface area (Å²) in [7, 11) is 1.63. The topological polar surface area (TPSA) is 64.7 Å². The molecule has 1 aromatic carbocycles. The Morgan fingerprint density at radius 2 is 2.12 bits per heavy atom. The van der Waals surface area contributed by atoms with Crippen molar-refractivity contribution >= 4 is 0 Å². The Hall–Kier alpha value is -1.10. The average Bonchev–Trinajstić information content (AvgIpc) is 2.74. The molecule has 0 bridgehead atoms. The van der Waals surface area contributed by atoms with Crippen LogP contribution >= 0.6 is 0 Å². The molecule has 4 nitrogen and oxygen atoms in total. The number of benzene rings is 1. The number of aliphatic hydroxyl groups excluding tert-OH is 1. The fraction of sp³-hybridized carbons (Fsp3) is 0.500. The average molecular weight is 223 g/mol. The first-order valence-electron chi connectivity index (χ1n) is 5.40. The normalized spacial score (nSPS) is 15.9. The Kier molecular flexibility index (Phi) is 3.43. The molecule has 0 saturated heterocycles. The van der Waals surface area contributed by atoms with Gasteiger partial charge in [0.25, 0.3) is 0 Å². The van der Waals surface area contributed by atoms with Gasteiger partial charge < -0.3 is 20.3 Å². The van der Waals surface area contributed by atoms with Gasteiger partial charge in [-0.15, -0.1) is 0 Å². The zero-order chi connectivity index (χ0) is 11.5. The Morgan fingerprint density at radius 3 is 2.75 bits per heavy atom. The minimum Gasteiger partial charge on any atom is -0.496 e. The predicted octanol–water partition coefficient (Wildman–Crippen LogP) is 1.11. The Labute approximate surface area is 95.0 Å². The molecule has 1 heterocycles. The SMILES string of the molecule is COc1cc2c(cc1C(N)CCO)COC2. The van der Waals surface area contributed by atoms with Crippen molar-refractivity contribution in [1.82, 2.24) is 0 Å². The summed E-state index contributed by atoms with van der Waals surface area (Å²) in [6, 6.07) is 3.82. The first kappa shape index (κ1) is 11.4. The van der Waals surface area contributed by atoms with Crippen molar-refractivity contribution in [2.24, 2.45) is 5.73 Å². The van der Waals surface area contributed by atoms with Gasteiger partial charge in [-0.3, -0.25) is 0 Å². The zero-order valence-electron chi connectivity index (χ0n) is 9.40. The van der Waals surface area contributed by atoms with Crippen molar-refractivity contribution in [2.75, 3.05) is 13.7 Å². The molecule has 0 saturated carbocycles. The first-order chi connectivity index (χ1) is 7.76. The van der Waals surface area contributed by atoms with Gasteiger partial charge in [-0.2, -0.15) is 0 Å². The maximum atomic E-state index is 8.91.